The Morgan fingerprint density at radius 2 is 2.11 bits per heavy atom. The quantitative estimate of drug-likeness (QED) is 0.902. The fourth-order valence-corrected chi connectivity index (χ4v) is 3.62. The normalized spacial score (nSPS) is 21.9. The molecule has 1 aliphatic carbocycles. The van der Waals surface area contributed by atoms with Crippen LogP contribution in [-0.4, -0.2) is 15.0 Å². The number of halogens is 2. The number of hydrogen-bond acceptors (Lipinski definition) is 2. The number of rotatable bonds is 4. The average Bonchev–Trinajstić information content (AvgIpc) is 2.88. The SMILES string of the molecule is CC1(C)CC1CNS(=O)(=O)c1ccc(Cl)c(Br)c1. The van der Waals surface area contributed by atoms with Gasteiger partial charge >= 0.3 is 0 Å². The minimum Gasteiger partial charge on any atom is -0.211 e. The maximum atomic E-state index is 12.1. The van der Waals surface area contributed by atoms with E-state index >= 15 is 0 Å². The van der Waals surface area contributed by atoms with Crippen LogP contribution in [-0.2, 0) is 10.0 Å². The van der Waals surface area contributed by atoms with E-state index in [0.29, 0.717) is 22.0 Å². The van der Waals surface area contributed by atoms with E-state index in [-0.39, 0.29) is 10.3 Å². The molecule has 0 radical (unpaired) electrons. The van der Waals surface area contributed by atoms with E-state index < -0.39 is 10.0 Å². The largest absolute Gasteiger partial charge is 0.240 e. The second kappa shape index (κ2) is 4.78. The van der Waals surface area contributed by atoms with Gasteiger partial charge in [-0.25, -0.2) is 13.1 Å². The predicted octanol–water partition coefficient (Wildman–Crippen LogP) is 3.43. The third-order valence-electron chi connectivity index (χ3n) is 3.44. The number of sulfonamides is 1. The fourth-order valence-electron chi connectivity index (χ4n) is 1.86. The first-order valence-electron chi connectivity index (χ1n) is 5.67. The molecule has 0 heterocycles. The highest BCUT2D eigenvalue weighted by Gasteiger charge is 2.45. The third-order valence-corrected chi connectivity index (χ3v) is 6.07. The summed E-state index contributed by atoms with van der Waals surface area (Å²) in [4.78, 5) is 0.234. The van der Waals surface area contributed by atoms with Crippen molar-refractivity contribution in [2.24, 2.45) is 11.3 Å². The van der Waals surface area contributed by atoms with Gasteiger partial charge in [-0.3, -0.25) is 0 Å². The lowest BCUT2D eigenvalue weighted by Crippen LogP contribution is -2.26. The molecule has 1 saturated carbocycles. The molecule has 0 saturated heterocycles. The van der Waals surface area contributed by atoms with Gasteiger partial charge in [0.15, 0.2) is 0 Å². The standard InChI is InChI=1S/C12H15BrClNO2S/c1-12(2)6-8(12)7-15-18(16,17)9-3-4-11(14)10(13)5-9/h3-5,8,15H,6-7H2,1-2H3. The van der Waals surface area contributed by atoms with Crippen LogP contribution in [0.5, 0.6) is 0 Å². The summed E-state index contributed by atoms with van der Waals surface area (Å²) >= 11 is 9.07. The molecular weight excluding hydrogens is 338 g/mol. The van der Waals surface area contributed by atoms with Crippen LogP contribution in [0.1, 0.15) is 20.3 Å². The van der Waals surface area contributed by atoms with Crippen LogP contribution in [0, 0.1) is 11.3 Å². The smallest absolute Gasteiger partial charge is 0.211 e. The van der Waals surface area contributed by atoms with Gasteiger partial charge in [0, 0.05) is 11.0 Å². The van der Waals surface area contributed by atoms with Gasteiger partial charge in [0.05, 0.1) is 9.92 Å². The summed E-state index contributed by atoms with van der Waals surface area (Å²) < 4.78 is 27.4. The van der Waals surface area contributed by atoms with Crippen molar-refractivity contribution < 1.29 is 8.42 Å². The van der Waals surface area contributed by atoms with Crippen LogP contribution >= 0.6 is 27.5 Å². The molecule has 1 aliphatic rings. The van der Waals surface area contributed by atoms with Gasteiger partial charge in [0.25, 0.3) is 0 Å². The van der Waals surface area contributed by atoms with Crippen molar-refractivity contribution in [2.45, 2.75) is 25.2 Å². The van der Waals surface area contributed by atoms with Crippen molar-refractivity contribution in [2.75, 3.05) is 6.54 Å². The predicted molar refractivity (Wildman–Crippen MR) is 76.2 cm³/mol. The van der Waals surface area contributed by atoms with E-state index in [1.807, 2.05) is 0 Å². The lowest BCUT2D eigenvalue weighted by atomic mass is 10.1. The molecule has 1 unspecified atom stereocenters. The summed E-state index contributed by atoms with van der Waals surface area (Å²) in [7, 11) is -3.44. The Morgan fingerprint density at radius 3 is 2.61 bits per heavy atom. The number of nitrogens with one attached hydrogen (secondary N) is 1. The molecule has 1 aromatic carbocycles. The van der Waals surface area contributed by atoms with Crippen LogP contribution in [0.4, 0.5) is 0 Å². The second-order valence-corrected chi connectivity index (χ2v) is 8.35. The van der Waals surface area contributed by atoms with Crippen LogP contribution in [0.15, 0.2) is 27.6 Å². The maximum absolute atomic E-state index is 12.1. The molecule has 2 rings (SSSR count). The van der Waals surface area contributed by atoms with Gasteiger partial charge in [0.1, 0.15) is 0 Å². The van der Waals surface area contributed by atoms with Crippen molar-refractivity contribution in [1.82, 2.24) is 4.72 Å². The Morgan fingerprint density at radius 1 is 1.50 bits per heavy atom. The van der Waals surface area contributed by atoms with E-state index in [1.54, 1.807) is 6.07 Å². The van der Waals surface area contributed by atoms with E-state index in [1.165, 1.54) is 12.1 Å². The lowest BCUT2D eigenvalue weighted by molar-refractivity contribution is 0.537. The zero-order valence-corrected chi connectivity index (χ0v) is 13.4. The first-order chi connectivity index (χ1) is 8.22. The highest BCUT2D eigenvalue weighted by molar-refractivity contribution is 9.10. The van der Waals surface area contributed by atoms with Gasteiger partial charge in [0.2, 0.25) is 10.0 Å². The second-order valence-electron chi connectivity index (χ2n) is 5.32. The highest BCUT2D eigenvalue weighted by atomic mass is 79.9. The topological polar surface area (TPSA) is 46.2 Å². The zero-order chi connectivity index (χ0) is 13.6. The van der Waals surface area contributed by atoms with E-state index in [9.17, 15) is 8.42 Å². The number of benzene rings is 1. The molecule has 1 atom stereocenters. The monoisotopic (exact) mass is 351 g/mol. The molecule has 0 amide bonds. The Balaban J connectivity index is 2.08. The van der Waals surface area contributed by atoms with Crippen LogP contribution in [0.3, 0.4) is 0 Å². The first-order valence-corrected chi connectivity index (χ1v) is 8.32. The zero-order valence-electron chi connectivity index (χ0n) is 10.2. The molecule has 6 heteroatoms. The summed E-state index contributed by atoms with van der Waals surface area (Å²) in [5.41, 5.74) is 0.267. The van der Waals surface area contributed by atoms with Crippen molar-refractivity contribution in [1.29, 1.82) is 0 Å². The summed E-state index contributed by atoms with van der Waals surface area (Å²) in [5.74, 6) is 0.433. The highest BCUT2D eigenvalue weighted by Crippen LogP contribution is 2.51. The Labute approximate surface area is 121 Å². The summed E-state index contributed by atoms with van der Waals surface area (Å²) in [6.07, 6.45) is 1.07. The van der Waals surface area contributed by atoms with Gasteiger partial charge in [-0.15, -0.1) is 0 Å². The van der Waals surface area contributed by atoms with Crippen molar-refractivity contribution in [3.8, 4) is 0 Å². The molecule has 0 bridgehead atoms. The van der Waals surface area contributed by atoms with Crippen molar-refractivity contribution >= 4 is 37.6 Å². The first kappa shape index (κ1) is 14.3. The van der Waals surface area contributed by atoms with Gasteiger partial charge in [-0.2, -0.15) is 0 Å². The molecule has 0 aliphatic heterocycles. The minimum atomic E-state index is -3.44. The molecule has 100 valence electrons. The number of hydrogen-bond donors (Lipinski definition) is 1. The van der Waals surface area contributed by atoms with Gasteiger partial charge < -0.3 is 0 Å². The van der Waals surface area contributed by atoms with E-state index in [4.69, 9.17) is 11.6 Å². The fraction of sp³-hybridized carbons (Fsp3) is 0.500. The molecular formula is C12H15BrClNO2S. The average molecular weight is 353 g/mol. The third kappa shape index (κ3) is 3.07. The van der Waals surface area contributed by atoms with Crippen LogP contribution in [0.2, 0.25) is 5.02 Å². The van der Waals surface area contributed by atoms with Gasteiger partial charge in [-0.1, -0.05) is 25.4 Å². The maximum Gasteiger partial charge on any atom is 0.240 e. The van der Waals surface area contributed by atoms with E-state index in [0.717, 1.165) is 6.42 Å². The van der Waals surface area contributed by atoms with Gasteiger partial charge in [-0.05, 0) is 51.9 Å². The molecule has 1 fully saturated rings. The molecule has 3 nitrogen and oxygen atoms in total. The molecule has 1 N–H and O–H groups in total. The Kier molecular flexibility index (Phi) is 3.80. The summed E-state index contributed by atoms with van der Waals surface area (Å²) in [6.45, 7) is 4.78. The van der Waals surface area contributed by atoms with Crippen LogP contribution in [0.25, 0.3) is 0 Å². The molecule has 18 heavy (non-hydrogen) atoms. The molecule has 0 spiro atoms. The lowest BCUT2D eigenvalue weighted by Gasteiger charge is -2.08. The van der Waals surface area contributed by atoms with Crippen molar-refractivity contribution in [3.63, 3.8) is 0 Å². The molecule has 1 aromatic rings. The Hall–Kier alpha value is -0.100. The van der Waals surface area contributed by atoms with Crippen molar-refractivity contribution in [3.05, 3.63) is 27.7 Å². The Bertz CT molecular complexity index is 571. The summed E-state index contributed by atoms with van der Waals surface area (Å²) in [5, 5.41) is 0.497. The summed E-state index contributed by atoms with van der Waals surface area (Å²) in [6, 6.07) is 4.59. The molecule has 0 aromatic heterocycles. The minimum absolute atomic E-state index is 0.234. The van der Waals surface area contributed by atoms with Crippen LogP contribution < -0.4 is 4.72 Å². The van der Waals surface area contributed by atoms with E-state index in [2.05, 4.69) is 34.5 Å².